The Labute approximate surface area is 342 Å². The fraction of sp³-hybridized carbons (Fsp3) is 0.222. The predicted molar refractivity (Wildman–Crippen MR) is 226 cm³/mol. The molecular weight excluding hydrogens is 771 g/mol. The van der Waals surface area contributed by atoms with E-state index in [4.69, 9.17) is 15.2 Å². The third kappa shape index (κ3) is 8.99. The molecule has 7 rings (SSSR count). The number of aliphatic hydroxyl groups is 1. The van der Waals surface area contributed by atoms with Crippen LogP contribution in [0.5, 0.6) is 17.2 Å². The van der Waals surface area contributed by atoms with Crippen LogP contribution in [0.2, 0.25) is 0 Å². The number of rotatable bonds is 16. The minimum absolute atomic E-state index is 0.0558. The number of phenolic OH excluding ortho intramolecular Hbond substituents is 1. The van der Waals surface area contributed by atoms with Crippen molar-refractivity contribution in [3.8, 4) is 28.4 Å². The highest BCUT2D eigenvalue weighted by Crippen LogP contribution is 2.41. The van der Waals surface area contributed by atoms with Gasteiger partial charge in [-0.15, -0.1) is 0 Å². The molecule has 304 valence electrons. The zero-order chi connectivity index (χ0) is 41.7. The van der Waals surface area contributed by atoms with Gasteiger partial charge in [-0.3, -0.25) is 14.6 Å². The van der Waals surface area contributed by atoms with Gasteiger partial charge in [0.25, 0.3) is 11.8 Å². The third-order valence-electron chi connectivity index (χ3n) is 10.3. The van der Waals surface area contributed by atoms with Crippen LogP contribution < -0.4 is 31.2 Å². The van der Waals surface area contributed by atoms with Gasteiger partial charge in [-0.25, -0.2) is 8.42 Å². The van der Waals surface area contributed by atoms with Crippen LogP contribution in [0.3, 0.4) is 0 Å². The summed E-state index contributed by atoms with van der Waals surface area (Å²) in [6.07, 6.45) is 4.24. The van der Waals surface area contributed by atoms with Crippen molar-refractivity contribution >= 4 is 49.6 Å². The molecule has 0 unspecified atom stereocenters. The maximum Gasteiger partial charge on any atom is 0.262 e. The lowest BCUT2D eigenvalue weighted by Crippen LogP contribution is -2.28. The number of pyridine rings is 1. The number of anilines is 3. The summed E-state index contributed by atoms with van der Waals surface area (Å²) in [4.78, 5) is 28.8. The van der Waals surface area contributed by atoms with Gasteiger partial charge < -0.3 is 41.4 Å². The molecule has 1 aliphatic rings. The van der Waals surface area contributed by atoms with E-state index in [-0.39, 0.29) is 45.1 Å². The summed E-state index contributed by atoms with van der Waals surface area (Å²) in [5.74, 6) is -0.306. The van der Waals surface area contributed by atoms with Crippen molar-refractivity contribution in [1.29, 1.82) is 0 Å². The Bertz CT molecular complexity index is 2650. The number of nitrogens with one attached hydrogen (secondary N) is 3. The molecule has 0 aliphatic carbocycles. The Balaban J connectivity index is 0.980. The van der Waals surface area contributed by atoms with Gasteiger partial charge in [0.2, 0.25) is 9.84 Å². The van der Waals surface area contributed by atoms with E-state index in [0.29, 0.717) is 52.2 Å². The Morgan fingerprint density at radius 3 is 2.54 bits per heavy atom. The zero-order valence-corrected chi connectivity index (χ0v) is 33.4. The summed E-state index contributed by atoms with van der Waals surface area (Å²) in [6, 6.07) is 28.2. The van der Waals surface area contributed by atoms with E-state index in [0.717, 1.165) is 36.8 Å². The molecule has 0 saturated carbocycles. The van der Waals surface area contributed by atoms with E-state index in [9.17, 15) is 28.2 Å². The summed E-state index contributed by atoms with van der Waals surface area (Å²) in [5, 5.41) is 30.3. The van der Waals surface area contributed by atoms with Gasteiger partial charge in [-0.05, 0) is 104 Å². The van der Waals surface area contributed by atoms with Crippen molar-refractivity contribution in [1.82, 2.24) is 10.3 Å². The number of aromatic hydroxyl groups is 1. The van der Waals surface area contributed by atoms with E-state index in [1.54, 1.807) is 68.6 Å². The first-order valence-electron chi connectivity index (χ1n) is 19.2. The Hall–Kier alpha value is -6.48. The molecular formula is C45H45N5O8S. The number of methoxy groups -OCH3 is 1. The number of unbranched alkanes of at least 4 members (excludes halogenated alkanes) is 2. The fourth-order valence-corrected chi connectivity index (χ4v) is 8.57. The van der Waals surface area contributed by atoms with Gasteiger partial charge in [-0.1, -0.05) is 48.9 Å². The highest BCUT2D eigenvalue weighted by atomic mass is 32.2. The average molecular weight is 816 g/mol. The molecule has 5 aromatic carbocycles. The molecule has 0 fully saturated rings. The number of aryl methyl sites for hydroxylation is 2. The molecule has 0 spiro atoms. The molecule has 1 aromatic heterocycles. The molecule has 6 aromatic rings. The van der Waals surface area contributed by atoms with Crippen LogP contribution in [0, 0.1) is 6.92 Å². The largest absolute Gasteiger partial charge is 0.506 e. The van der Waals surface area contributed by atoms with Gasteiger partial charge in [0.1, 0.15) is 17.2 Å². The van der Waals surface area contributed by atoms with Crippen molar-refractivity contribution in [2.24, 2.45) is 5.73 Å². The number of benzene rings is 5. The zero-order valence-electron chi connectivity index (χ0n) is 32.6. The lowest BCUT2D eigenvalue weighted by molar-refractivity contribution is -0.118. The Morgan fingerprint density at radius 2 is 1.76 bits per heavy atom. The van der Waals surface area contributed by atoms with Crippen LogP contribution in [0.1, 0.15) is 52.4 Å². The van der Waals surface area contributed by atoms with Crippen LogP contribution in [0.25, 0.3) is 22.0 Å². The molecule has 1 atom stereocenters. The van der Waals surface area contributed by atoms with E-state index >= 15 is 0 Å². The molecule has 13 nitrogen and oxygen atoms in total. The molecule has 7 N–H and O–H groups in total. The molecule has 0 saturated heterocycles. The fourth-order valence-electron chi connectivity index (χ4n) is 7.16. The first-order chi connectivity index (χ1) is 28.4. The second kappa shape index (κ2) is 17.6. The first kappa shape index (κ1) is 40.7. The number of ether oxygens (including phenoxy) is 2. The standard InChI is InChI=1S/C45H45N5O8S/c1-27-20-34(23-36-41(27)48-24-37(45(46)54)42(36)49-31-10-7-11-32(22-31)57-2)59(55,56)33-12-6-9-30(21-33)29-15-13-28(14-16-29)8-4-3-5-19-47-25-39(52)35-17-18-38(51)43-44(35)58-26-40(53)50-43/h6-7,9-18,20-24,39,47,51-52H,3-5,8,19,25-26H2,1-2H3,(H2,46,54)(H,48,49)(H,50,53)/t39-/m0/s1. The molecule has 2 amide bonds. The number of amides is 2. The van der Waals surface area contributed by atoms with E-state index in [2.05, 4.69) is 33.1 Å². The normalized spacial score (nSPS) is 13.0. The molecule has 59 heavy (non-hydrogen) atoms. The first-order valence-corrected chi connectivity index (χ1v) is 20.7. The van der Waals surface area contributed by atoms with E-state index in [1.165, 1.54) is 23.9 Å². The van der Waals surface area contributed by atoms with Crippen LogP contribution in [-0.4, -0.2) is 62.2 Å². The van der Waals surface area contributed by atoms with Gasteiger partial charge >= 0.3 is 0 Å². The summed E-state index contributed by atoms with van der Waals surface area (Å²) in [6.45, 7) is 2.60. The molecule has 14 heteroatoms. The third-order valence-corrected chi connectivity index (χ3v) is 12.0. The minimum atomic E-state index is -4.01. The van der Waals surface area contributed by atoms with E-state index < -0.39 is 21.8 Å². The topological polar surface area (TPSA) is 202 Å². The number of phenols is 1. The van der Waals surface area contributed by atoms with Crippen LogP contribution in [0.15, 0.2) is 113 Å². The number of fused-ring (bicyclic) bond motifs is 2. The number of hydrogen-bond donors (Lipinski definition) is 6. The predicted octanol–water partition coefficient (Wildman–Crippen LogP) is 6.97. The van der Waals surface area contributed by atoms with Crippen molar-refractivity contribution < 1.29 is 37.7 Å². The maximum atomic E-state index is 14.2. The number of hydrogen-bond acceptors (Lipinski definition) is 11. The molecule has 1 aliphatic heterocycles. The molecule has 2 heterocycles. The maximum absolute atomic E-state index is 14.2. The lowest BCUT2D eigenvalue weighted by Gasteiger charge is -2.23. The van der Waals surface area contributed by atoms with Crippen LogP contribution in [-0.2, 0) is 21.1 Å². The number of sulfone groups is 1. The second-order valence-electron chi connectivity index (χ2n) is 14.4. The minimum Gasteiger partial charge on any atom is -0.506 e. The smallest absolute Gasteiger partial charge is 0.262 e. The Kier molecular flexibility index (Phi) is 12.1. The second-order valence-corrected chi connectivity index (χ2v) is 16.3. The van der Waals surface area contributed by atoms with Crippen LogP contribution >= 0.6 is 0 Å². The highest BCUT2D eigenvalue weighted by Gasteiger charge is 2.26. The summed E-state index contributed by atoms with van der Waals surface area (Å²) in [7, 11) is -2.46. The van der Waals surface area contributed by atoms with Crippen molar-refractivity contribution in [2.45, 2.75) is 48.5 Å². The quantitative estimate of drug-likeness (QED) is 0.0435. The lowest BCUT2D eigenvalue weighted by atomic mass is 10.0. The number of aliphatic hydroxyl groups excluding tert-OH is 1. The Morgan fingerprint density at radius 1 is 0.966 bits per heavy atom. The number of carbonyl (C=O) groups is 2. The monoisotopic (exact) mass is 815 g/mol. The van der Waals surface area contributed by atoms with Gasteiger partial charge in [0, 0.05) is 35.4 Å². The molecule has 0 radical (unpaired) electrons. The number of carbonyl (C=O) groups excluding carboxylic acids is 2. The van der Waals surface area contributed by atoms with Crippen molar-refractivity contribution in [2.75, 3.05) is 37.4 Å². The SMILES string of the molecule is COc1cccc(Nc2c(C(N)=O)cnc3c(C)cc(S(=O)(=O)c4cccc(-c5ccc(CCCCCNC[C@H](O)c6ccc(O)c7c6OCC(=O)N7)cc5)c4)cc23)c1. The van der Waals surface area contributed by atoms with Gasteiger partial charge in [0.05, 0.1) is 39.8 Å². The number of nitrogens with zero attached hydrogens (tertiary/aromatic N) is 1. The summed E-state index contributed by atoms with van der Waals surface area (Å²) in [5.41, 5.74) is 11.4. The number of nitrogens with two attached hydrogens (primary N) is 1. The van der Waals surface area contributed by atoms with Gasteiger partial charge in [0.15, 0.2) is 12.4 Å². The van der Waals surface area contributed by atoms with E-state index in [1.807, 2.05) is 18.2 Å². The van der Waals surface area contributed by atoms with Crippen molar-refractivity contribution in [3.05, 3.63) is 126 Å². The molecule has 0 bridgehead atoms. The average Bonchev–Trinajstić information content (AvgIpc) is 3.24. The number of primary amides is 1. The highest BCUT2D eigenvalue weighted by molar-refractivity contribution is 7.91. The van der Waals surface area contributed by atoms with Crippen LogP contribution in [0.4, 0.5) is 17.1 Å². The summed E-state index contributed by atoms with van der Waals surface area (Å²) < 4.78 is 39.3. The number of aromatic nitrogens is 1. The summed E-state index contributed by atoms with van der Waals surface area (Å²) >= 11 is 0. The van der Waals surface area contributed by atoms with Gasteiger partial charge in [-0.2, -0.15) is 0 Å². The van der Waals surface area contributed by atoms with Crippen molar-refractivity contribution in [3.63, 3.8) is 0 Å².